The lowest BCUT2D eigenvalue weighted by molar-refractivity contribution is 0.597. The van der Waals surface area contributed by atoms with Crippen molar-refractivity contribution in [3.05, 3.63) is 46.7 Å². The Morgan fingerprint density at radius 3 is 2.38 bits per heavy atom. The smallest absolute Gasteiger partial charge is 0.178 e. The van der Waals surface area contributed by atoms with Crippen molar-refractivity contribution in [1.29, 1.82) is 0 Å². The van der Waals surface area contributed by atoms with E-state index in [9.17, 15) is 8.42 Å². The fraction of sp³-hybridized carbons (Fsp3) is 0.375. The molecule has 1 unspecified atom stereocenters. The summed E-state index contributed by atoms with van der Waals surface area (Å²) in [6, 6.07) is 11.5. The maximum Gasteiger partial charge on any atom is 0.178 e. The van der Waals surface area contributed by atoms with Crippen LogP contribution in [0.2, 0.25) is 0 Å². The van der Waals surface area contributed by atoms with E-state index in [4.69, 9.17) is 0 Å². The highest BCUT2D eigenvalue weighted by Crippen LogP contribution is 2.28. The quantitative estimate of drug-likeness (QED) is 0.816. The van der Waals surface area contributed by atoms with Gasteiger partial charge in [0, 0.05) is 10.6 Å². The minimum Gasteiger partial charge on any atom is -0.377 e. The number of hydrogen-bond donors (Lipinski definition) is 1. The van der Waals surface area contributed by atoms with Crippen LogP contribution in [0.4, 0.5) is 5.69 Å². The number of thiophene rings is 1. The van der Waals surface area contributed by atoms with Crippen molar-refractivity contribution in [3.8, 4) is 0 Å². The van der Waals surface area contributed by atoms with Crippen LogP contribution < -0.4 is 5.32 Å². The van der Waals surface area contributed by atoms with Crippen molar-refractivity contribution < 1.29 is 8.42 Å². The Hall–Kier alpha value is -1.33. The fourth-order valence-corrected chi connectivity index (χ4v) is 3.89. The Kier molecular flexibility index (Phi) is 5.42. The van der Waals surface area contributed by atoms with Crippen LogP contribution >= 0.6 is 11.3 Å². The van der Waals surface area contributed by atoms with Crippen LogP contribution in [0.25, 0.3) is 0 Å². The molecule has 0 saturated heterocycles. The molecule has 0 aliphatic rings. The van der Waals surface area contributed by atoms with Crippen molar-refractivity contribution in [2.24, 2.45) is 0 Å². The van der Waals surface area contributed by atoms with Gasteiger partial charge in [0.2, 0.25) is 0 Å². The van der Waals surface area contributed by atoms with E-state index in [1.54, 1.807) is 30.4 Å². The molecule has 5 heteroatoms. The van der Waals surface area contributed by atoms with Crippen LogP contribution in [0, 0.1) is 0 Å². The molecule has 1 atom stereocenters. The van der Waals surface area contributed by atoms with E-state index in [2.05, 4.69) is 29.8 Å². The van der Waals surface area contributed by atoms with Gasteiger partial charge in [0.15, 0.2) is 9.84 Å². The van der Waals surface area contributed by atoms with Crippen molar-refractivity contribution in [1.82, 2.24) is 0 Å². The molecule has 2 rings (SSSR count). The van der Waals surface area contributed by atoms with Crippen LogP contribution in [-0.2, 0) is 9.84 Å². The summed E-state index contributed by atoms with van der Waals surface area (Å²) in [5, 5.41) is 5.57. The minimum atomic E-state index is -3.12. The topological polar surface area (TPSA) is 46.2 Å². The molecule has 21 heavy (non-hydrogen) atoms. The van der Waals surface area contributed by atoms with Gasteiger partial charge < -0.3 is 5.32 Å². The van der Waals surface area contributed by atoms with Gasteiger partial charge in [-0.15, -0.1) is 11.3 Å². The van der Waals surface area contributed by atoms with E-state index in [0.717, 1.165) is 18.5 Å². The summed E-state index contributed by atoms with van der Waals surface area (Å²) in [4.78, 5) is 1.70. The van der Waals surface area contributed by atoms with Gasteiger partial charge in [0.05, 0.1) is 16.7 Å². The van der Waals surface area contributed by atoms with Gasteiger partial charge in [-0.25, -0.2) is 8.42 Å². The normalized spacial score (nSPS) is 13.0. The molecule has 1 aromatic carbocycles. The molecular formula is C16H21NO2S2. The van der Waals surface area contributed by atoms with E-state index < -0.39 is 9.84 Å². The van der Waals surface area contributed by atoms with Crippen molar-refractivity contribution in [2.75, 3.05) is 11.1 Å². The molecule has 0 aliphatic carbocycles. The average molecular weight is 323 g/mol. The maximum absolute atomic E-state index is 11.8. The number of anilines is 1. The van der Waals surface area contributed by atoms with Gasteiger partial charge in [-0.05, 0) is 42.1 Å². The molecule has 0 radical (unpaired) electrons. The third-order valence-electron chi connectivity index (χ3n) is 3.40. The maximum atomic E-state index is 11.8. The SMILES string of the molecule is CCCC(Nc1ccc(S(=O)(=O)CC)cc1)c1cccs1. The fourth-order valence-electron chi connectivity index (χ4n) is 2.19. The Labute approximate surface area is 130 Å². The first-order chi connectivity index (χ1) is 10.1. The molecule has 1 aromatic heterocycles. The lowest BCUT2D eigenvalue weighted by atomic mass is 10.1. The van der Waals surface area contributed by atoms with Gasteiger partial charge in [-0.1, -0.05) is 26.3 Å². The molecule has 0 bridgehead atoms. The number of nitrogens with one attached hydrogen (secondary N) is 1. The second kappa shape index (κ2) is 7.09. The molecule has 0 amide bonds. The van der Waals surface area contributed by atoms with Crippen LogP contribution in [-0.4, -0.2) is 14.2 Å². The van der Waals surface area contributed by atoms with Gasteiger partial charge >= 0.3 is 0 Å². The van der Waals surface area contributed by atoms with Crippen LogP contribution in [0.1, 0.15) is 37.6 Å². The van der Waals surface area contributed by atoms with Gasteiger partial charge in [-0.3, -0.25) is 0 Å². The molecule has 114 valence electrons. The van der Waals surface area contributed by atoms with Crippen molar-refractivity contribution in [2.45, 2.75) is 37.6 Å². The van der Waals surface area contributed by atoms with Crippen LogP contribution in [0.3, 0.4) is 0 Å². The summed E-state index contributed by atoms with van der Waals surface area (Å²) < 4.78 is 23.6. The first-order valence-electron chi connectivity index (χ1n) is 7.19. The first-order valence-corrected chi connectivity index (χ1v) is 9.72. The lowest BCUT2D eigenvalue weighted by Crippen LogP contribution is -2.09. The molecule has 3 nitrogen and oxygen atoms in total. The molecule has 2 aromatic rings. The predicted molar refractivity (Wildman–Crippen MR) is 89.8 cm³/mol. The van der Waals surface area contributed by atoms with Crippen molar-refractivity contribution >= 4 is 26.9 Å². The molecule has 0 saturated carbocycles. The summed E-state index contributed by atoms with van der Waals surface area (Å²) in [6.45, 7) is 3.83. The number of hydrogen-bond acceptors (Lipinski definition) is 4. The van der Waals surface area contributed by atoms with Crippen LogP contribution in [0.15, 0.2) is 46.7 Å². The minimum absolute atomic E-state index is 0.132. The second-order valence-electron chi connectivity index (χ2n) is 4.93. The Morgan fingerprint density at radius 2 is 1.86 bits per heavy atom. The van der Waals surface area contributed by atoms with Gasteiger partial charge in [0.25, 0.3) is 0 Å². The average Bonchev–Trinajstić information content (AvgIpc) is 3.01. The van der Waals surface area contributed by atoms with E-state index in [0.29, 0.717) is 4.90 Å². The van der Waals surface area contributed by atoms with Crippen LogP contribution in [0.5, 0.6) is 0 Å². The molecule has 1 N–H and O–H groups in total. The van der Waals surface area contributed by atoms with E-state index in [-0.39, 0.29) is 11.8 Å². The largest absolute Gasteiger partial charge is 0.377 e. The second-order valence-corrected chi connectivity index (χ2v) is 8.19. The third-order valence-corrected chi connectivity index (χ3v) is 6.13. The molecule has 0 spiro atoms. The Balaban J connectivity index is 2.15. The molecule has 0 aliphatic heterocycles. The number of benzene rings is 1. The highest BCUT2D eigenvalue weighted by Gasteiger charge is 2.13. The zero-order valence-corrected chi connectivity index (χ0v) is 14.0. The van der Waals surface area contributed by atoms with Crippen molar-refractivity contribution in [3.63, 3.8) is 0 Å². The van der Waals surface area contributed by atoms with Gasteiger partial charge in [-0.2, -0.15) is 0 Å². The Bertz CT molecular complexity index is 646. The standard InChI is InChI=1S/C16H21NO2S2/c1-3-6-15(16-7-5-12-20-16)17-13-8-10-14(11-9-13)21(18,19)4-2/h5,7-12,15,17H,3-4,6H2,1-2H3. The third kappa shape index (κ3) is 4.08. The summed E-state index contributed by atoms with van der Waals surface area (Å²) in [7, 11) is -3.12. The number of rotatable bonds is 7. The summed E-state index contributed by atoms with van der Waals surface area (Å²) in [5.41, 5.74) is 0.955. The monoisotopic (exact) mass is 323 g/mol. The number of sulfone groups is 1. The summed E-state index contributed by atoms with van der Waals surface area (Å²) >= 11 is 1.74. The Morgan fingerprint density at radius 1 is 1.14 bits per heavy atom. The molecular weight excluding hydrogens is 302 g/mol. The highest BCUT2D eigenvalue weighted by molar-refractivity contribution is 7.91. The van der Waals surface area contributed by atoms with E-state index in [1.807, 2.05) is 12.1 Å². The summed E-state index contributed by atoms with van der Waals surface area (Å²) in [6.07, 6.45) is 2.15. The predicted octanol–water partition coefficient (Wildman–Crippen LogP) is 4.50. The van der Waals surface area contributed by atoms with E-state index in [1.165, 1.54) is 4.88 Å². The van der Waals surface area contributed by atoms with E-state index >= 15 is 0 Å². The summed E-state index contributed by atoms with van der Waals surface area (Å²) in [5.74, 6) is 0.132. The van der Waals surface area contributed by atoms with Gasteiger partial charge in [0.1, 0.15) is 0 Å². The zero-order valence-electron chi connectivity index (χ0n) is 12.4. The zero-order chi connectivity index (χ0) is 15.3. The first kappa shape index (κ1) is 16.0. The molecule has 1 heterocycles. The lowest BCUT2D eigenvalue weighted by Gasteiger charge is -2.18. The highest BCUT2D eigenvalue weighted by atomic mass is 32.2. The molecule has 0 fully saturated rings.